The van der Waals surface area contributed by atoms with Crippen LogP contribution in [0.15, 0.2) is 96.2 Å². The van der Waals surface area contributed by atoms with E-state index in [0.29, 0.717) is 24.2 Å². The number of pyridine rings is 1. The van der Waals surface area contributed by atoms with E-state index in [1.807, 2.05) is 54.6 Å². The number of rotatable bonds is 8. The van der Waals surface area contributed by atoms with Gasteiger partial charge in [0, 0.05) is 28.7 Å². The van der Waals surface area contributed by atoms with Gasteiger partial charge >= 0.3 is 5.97 Å². The minimum atomic E-state index is -0.960. The zero-order valence-electron chi connectivity index (χ0n) is 18.8. The Morgan fingerprint density at radius 2 is 1.46 bits per heavy atom. The number of benzene rings is 2. The van der Waals surface area contributed by atoms with E-state index in [1.165, 1.54) is 11.8 Å². The Labute approximate surface area is 207 Å². The van der Waals surface area contributed by atoms with Crippen molar-refractivity contribution in [3.8, 4) is 0 Å². The Hall–Kier alpha value is -3.91. The number of carbonyl (C=O) groups excluding carboxylic acids is 2. The molecule has 0 radical (unpaired) electrons. The molecule has 0 bridgehead atoms. The lowest BCUT2D eigenvalue weighted by atomic mass is 9.82. The van der Waals surface area contributed by atoms with Crippen LogP contribution in [0.25, 0.3) is 0 Å². The van der Waals surface area contributed by atoms with Crippen molar-refractivity contribution in [1.82, 2.24) is 4.98 Å². The van der Waals surface area contributed by atoms with Gasteiger partial charge in [-0.25, -0.2) is 0 Å². The molecular formula is C27H25N3O4S. The molecule has 0 spiro atoms. The summed E-state index contributed by atoms with van der Waals surface area (Å²) in [5.74, 6) is -2.75. The van der Waals surface area contributed by atoms with Crippen LogP contribution in [0.4, 0.5) is 11.4 Å². The quantitative estimate of drug-likeness (QED) is 0.299. The molecule has 1 heterocycles. The Morgan fingerprint density at radius 3 is 2.11 bits per heavy atom. The maximum Gasteiger partial charge on any atom is 0.307 e. The summed E-state index contributed by atoms with van der Waals surface area (Å²) in [6.07, 6.45) is 7.66. The average molecular weight is 488 g/mol. The van der Waals surface area contributed by atoms with Gasteiger partial charge in [-0.1, -0.05) is 42.5 Å². The van der Waals surface area contributed by atoms with Crippen molar-refractivity contribution in [3.63, 3.8) is 0 Å². The first kappa shape index (κ1) is 24.2. The number of amides is 2. The second-order valence-corrected chi connectivity index (χ2v) is 9.32. The van der Waals surface area contributed by atoms with Gasteiger partial charge in [-0.3, -0.25) is 19.4 Å². The number of hydrogen-bond donors (Lipinski definition) is 3. The lowest BCUT2D eigenvalue weighted by Gasteiger charge is -2.24. The van der Waals surface area contributed by atoms with Crippen molar-refractivity contribution < 1.29 is 19.5 Å². The van der Waals surface area contributed by atoms with Gasteiger partial charge in [-0.05, 0) is 54.8 Å². The molecule has 7 nitrogen and oxygen atoms in total. The first-order valence-electron chi connectivity index (χ1n) is 11.2. The van der Waals surface area contributed by atoms with E-state index in [0.717, 1.165) is 10.5 Å². The molecule has 3 N–H and O–H groups in total. The second kappa shape index (κ2) is 11.5. The number of carbonyl (C=O) groups is 3. The third-order valence-corrected chi connectivity index (χ3v) is 7.02. The standard InChI is InChI=1S/C27H25N3O4S/c31-25(22-8-4-5-9-23(22)27(33)34)29-19-10-12-21(13-11-19)35-24(18-6-2-1-3-7-18)26(32)30-20-14-16-28-17-15-20/h1-7,10-17,22-24H,8-9H2,(H,29,31)(H,33,34)(H,28,30,32). The van der Waals surface area contributed by atoms with Crippen LogP contribution >= 0.6 is 11.8 Å². The molecule has 3 unspecified atom stereocenters. The smallest absolute Gasteiger partial charge is 0.307 e. The van der Waals surface area contributed by atoms with Crippen LogP contribution in [0.2, 0.25) is 0 Å². The molecule has 35 heavy (non-hydrogen) atoms. The summed E-state index contributed by atoms with van der Waals surface area (Å²) in [5, 5.41) is 14.7. The molecule has 3 aromatic rings. The van der Waals surface area contributed by atoms with Crippen molar-refractivity contribution in [2.75, 3.05) is 10.6 Å². The minimum Gasteiger partial charge on any atom is -0.481 e. The Balaban J connectivity index is 1.45. The molecule has 0 aliphatic heterocycles. The molecule has 2 aromatic carbocycles. The summed E-state index contributed by atoms with van der Waals surface area (Å²) in [5.41, 5.74) is 2.11. The largest absolute Gasteiger partial charge is 0.481 e. The Morgan fingerprint density at radius 1 is 0.829 bits per heavy atom. The number of nitrogens with one attached hydrogen (secondary N) is 2. The van der Waals surface area contributed by atoms with Crippen LogP contribution in [0, 0.1) is 11.8 Å². The van der Waals surface area contributed by atoms with Crippen molar-refractivity contribution in [1.29, 1.82) is 0 Å². The van der Waals surface area contributed by atoms with E-state index < -0.39 is 23.1 Å². The molecule has 2 amide bonds. The summed E-state index contributed by atoms with van der Waals surface area (Å²) in [7, 11) is 0. The van der Waals surface area contributed by atoms with Crippen molar-refractivity contribution in [2.45, 2.75) is 23.0 Å². The molecular weight excluding hydrogens is 462 g/mol. The summed E-state index contributed by atoms with van der Waals surface area (Å²) < 4.78 is 0. The number of aromatic nitrogens is 1. The van der Waals surface area contributed by atoms with Crippen molar-refractivity contribution in [3.05, 3.63) is 96.8 Å². The van der Waals surface area contributed by atoms with E-state index >= 15 is 0 Å². The number of thioether (sulfide) groups is 1. The zero-order valence-corrected chi connectivity index (χ0v) is 19.7. The number of allylic oxidation sites excluding steroid dienone is 2. The Bertz CT molecular complexity index is 1200. The normalized spacial score (nSPS) is 17.8. The monoisotopic (exact) mass is 487 g/mol. The topological polar surface area (TPSA) is 108 Å². The Kier molecular flexibility index (Phi) is 7.95. The zero-order chi connectivity index (χ0) is 24.6. The van der Waals surface area contributed by atoms with E-state index in [2.05, 4.69) is 15.6 Å². The third-order valence-electron chi connectivity index (χ3n) is 5.75. The van der Waals surface area contributed by atoms with Crippen LogP contribution < -0.4 is 10.6 Å². The number of aliphatic carboxylic acids is 1. The number of carboxylic acid groups (broad SMARTS) is 1. The van der Waals surface area contributed by atoms with Gasteiger partial charge in [-0.15, -0.1) is 11.8 Å². The summed E-state index contributed by atoms with van der Waals surface area (Å²) >= 11 is 1.40. The van der Waals surface area contributed by atoms with Gasteiger partial charge in [0.05, 0.1) is 11.8 Å². The van der Waals surface area contributed by atoms with Crippen molar-refractivity contribution >= 4 is 40.9 Å². The lowest BCUT2D eigenvalue weighted by Crippen LogP contribution is -2.34. The highest BCUT2D eigenvalue weighted by Gasteiger charge is 2.34. The first-order chi connectivity index (χ1) is 17.0. The van der Waals surface area contributed by atoms with Gasteiger partial charge in [-0.2, -0.15) is 0 Å². The highest BCUT2D eigenvalue weighted by molar-refractivity contribution is 8.00. The van der Waals surface area contributed by atoms with Crippen LogP contribution in [0.3, 0.4) is 0 Å². The highest BCUT2D eigenvalue weighted by Crippen LogP contribution is 2.37. The highest BCUT2D eigenvalue weighted by atomic mass is 32.2. The number of nitrogens with zero attached hydrogens (tertiary/aromatic N) is 1. The first-order valence-corrected chi connectivity index (χ1v) is 12.1. The fourth-order valence-electron chi connectivity index (χ4n) is 3.91. The molecule has 1 aliphatic rings. The predicted molar refractivity (Wildman–Crippen MR) is 136 cm³/mol. The summed E-state index contributed by atoms with van der Waals surface area (Å²) in [6, 6.07) is 20.2. The molecule has 8 heteroatoms. The van der Waals surface area contributed by atoms with Crippen molar-refractivity contribution in [2.24, 2.45) is 11.8 Å². The molecule has 1 aliphatic carbocycles. The molecule has 4 rings (SSSR count). The fraction of sp³-hybridized carbons (Fsp3) is 0.185. The summed E-state index contributed by atoms with van der Waals surface area (Å²) in [6.45, 7) is 0. The average Bonchev–Trinajstić information content (AvgIpc) is 2.89. The lowest BCUT2D eigenvalue weighted by molar-refractivity contribution is -0.146. The third kappa shape index (κ3) is 6.36. The molecule has 0 saturated carbocycles. The van der Waals surface area contributed by atoms with Crippen LogP contribution in [0.5, 0.6) is 0 Å². The predicted octanol–water partition coefficient (Wildman–Crippen LogP) is 5.16. The van der Waals surface area contributed by atoms with E-state index in [-0.39, 0.29) is 11.8 Å². The van der Waals surface area contributed by atoms with E-state index in [1.54, 1.807) is 36.7 Å². The van der Waals surface area contributed by atoms with Crippen LogP contribution in [-0.4, -0.2) is 27.9 Å². The van der Waals surface area contributed by atoms with E-state index in [9.17, 15) is 19.5 Å². The van der Waals surface area contributed by atoms with Gasteiger partial charge in [0.25, 0.3) is 0 Å². The SMILES string of the molecule is O=C(Nc1ccncc1)C(Sc1ccc(NC(=O)C2CC=CCC2C(=O)O)cc1)c1ccccc1. The summed E-state index contributed by atoms with van der Waals surface area (Å²) in [4.78, 5) is 42.2. The fourth-order valence-corrected chi connectivity index (χ4v) is 4.93. The van der Waals surface area contributed by atoms with Gasteiger partial charge in [0.2, 0.25) is 11.8 Å². The molecule has 1 aromatic heterocycles. The number of anilines is 2. The maximum absolute atomic E-state index is 13.1. The van der Waals surface area contributed by atoms with Gasteiger partial charge in [0.15, 0.2) is 0 Å². The molecule has 178 valence electrons. The van der Waals surface area contributed by atoms with Crippen LogP contribution in [-0.2, 0) is 14.4 Å². The molecule has 3 atom stereocenters. The van der Waals surface area contributed by atoms with Gasteiger partial charge < -0.3 is 15.7 Å². The minimum absolute atomic E-state index is 0.158. The number of hydrogen-bond acceptors (Lipinski definition) is 5. The van der Waals surface area contributed by atoms with Crippen LogP contribution in [0.1, 0.15) is 23.7 Å². The van der Waals surface area contributed by atoms with E-state index in [4.69, 9.17) is 0 Å². The van der Waals surface area contributed by atoms with Gasteiger partial charge in [0.1, 0.15) is 5.25 Å². The molecule has 0 saturated heterocycles. The maximum atomic E-state index is 13.1. The second-order valence-electron chi connectivity index (χ2n) is 8.14. The molecule has 0 fully saturated rings. The number of carboxylic acids is 1.